The molecule has 2 saturated heterocycles. The highest BCUT2D eigenvalue weighted by molar-refractivity contribution is 5.83. The van der Waals surface area contributed by atoms with Gasteiger partial charge in [0.25, 0.3) is 0 Å². The van der Waals surface area contributed by atoms with Crippen molar-refractivity contribution in [2.45, 2.75) is 58.5 Å². The van der Waals surface area contributed by atoms with Crippen LogP contribution in [0.5, 0.6) is 5.75 Å². The molecule has 7 nitrogen and oxygen atoms in total. The van der Waals surface area contributed by atoms with Crippen LogP contribution in [0.1, 0.15) is 57.2 Å². The highest BCUT2D eigenvalue weighted by Gasteiger charge is 2.38. The largest absolute Gasteiger partial charge is 0.573 e. The zero-order valence-electron chi connectivity index (χ0n) is 24.9. The summed E-state index contributed by atoms with van der Waals surface area (Å²) in [5.74, 6) is 0.434. The first-order valence-electron chi connectivity index (χ1n) is 15.0. The van der Waals surface area contributed by atoms with Gasteiger partial charge in [0.05, 0.1) is 11.6 Å². The summed E-state index contributed by atoms with van der Waals surface area (Å²) in [5.41, 5.74) is 2.69. The predicted octanol–water partition coefficient (Wildman–Crippen LogP) is 6.04. The van der Waals surface area contributed by atoms with Crippen LogP contribution >= 0.6 is 0 Å². The number of pyridine rings is 1. The summed E-state index contributed by atoms with van der Waals surface area (Å²) in [6.45, 7) is 9.02. The van der Waals surface area contributed by atoms with Gasteiger partial charge in [0, 0.05) is 63.7 Å². The van der Waals surface area contributed by atoms with Gasteiger partial charge in [-0.25, -0.2) is 0 Å². The van der Waals surface area contributed by atoms with E-state index in [1.165, 1.54) is 12.1 Å². The Hall–Kier alpha value is -3.66. The molecule has 2 aliphatic heterocycles. The molecular weight excluding hydrogens is 557 g/mol. The second-order valence-electron chi connectivity index (χ2n) is 12.0. The Balaban J connectivity index is 1.40. The molecule has 2 aromatic carbocycles. The molecule has 1 aromatic heterocycles. The molecule has 0 spiro atoms. The van der Waals surface area contributed by atoms with E-state index in [-0.39, 0.29) is 41.5 Å². The maximum atomic E-state index is 13.7. The van der Waals surface area contributed by atoms with E-state index in [1.54, 1.807) is 25.3 Å². The maximum absolute atomic E-state index is 13.7. The molecule has 2 fully saturated rings. The third kappa shape index (κ3) is 7.29. The monoisotopic (exact) mass is 596 g/mol. The average molecular weight is 597 g/mol. The number of para-hydroxylation sites is 1. The average Bonchev–Trinajstić information content (AvgIpc) is 2.97. The molecule has 1 unspecified atom stereocenters. The van der Waals surface area contributed by atoms with Gasteiger partial charge in [-0.3, -0.25) is 19.5 Å². The summed E-state index contributed by atoms with van der Waals surface area (Å²) >= 11 is 0. The van der Waals surface area contributed by atoms with Crippen molar-refractivity contribution in [3.63, 3.8) is 0 Å². The number of benzene rings is 2. The fourth-order valence-corrected chi connectivity index (χ4v) is 6.56. The van der Waals surface area contributed by atoms with E-state index in [0.29, 0.717) is 39.1 Å². The van der Waals surface area contributed by atoms with Crippen LogP contribution in [0.3, 0.4) is 0 Å². The molecule has 230 valence electrons. The lowest BCUT2D eigenvalue weighted by molar-refractivity contribution is -0.274. The maximum Gasteiger partial charge on any atom is 0.573 e. The third-order valence-electron chi connectivity index (χ3n) is 8.83. The normalized spacial score (nSPS) is 19.6. The number of carbonyl (C=O) groups excluding carboxylic acids is 2. The van der Waals surface area contributed by atoms with Crippen LogP contribution in [-0.4, -0.2) is 76.6 Å². The summed E-state index contributed by atoms with van der Waals surface area (Å²) in [7, 11) is 0. The van der Waals surface area contributed by atoms with Crippen molar-refractivity contribution in [2.24, 2.45) is 11.8 Å². The second kappa shape index (κ2) is 12.9. The summed E-state index contributed by atoms with van der Waals surface area (Å²) in [6.07, 6.45) is -0.845. The minimum atomic E-state index is -4.76. The van der Waals surface area contributed by atoms with Gasteiger partial charge in [-0.1, -0.05) is 44.2 Å². The smallest absolute Gasteiger partial charge is 0.406 e. The van der Waals surface area contributed by atoms with Crippen LogP contribution in [0.25, 0.3) is 10.9 Å². The van der Waals surface area contributed by atoms with Crippen molar-refractivity contribution < 1.29 is 27.5 Å². The fourth-order valence-electron chi connectivity index (χ4n) is 6.56. The molecule has 2 atom stereocenters. The first-order chi connectivity index (χ1) is 20.5. The van der Waals surface area contributed by atoms with E-state index < -0.39 is 6.36 Å². The summed E-state index contributed by atoms with van der Waals surface area (Å²) in [5, 5.41) is 0.974. The number of alkyl halides is 3. The number of halogens is 3. The van der Waals surface area contributed by atoms with Gasteiger partial charge in [-0.05, 0) is 60.1 Å². The molecule has 2 amide bonds. The van der Waals surface area contributed by atoms with Gasteiger partial charge in [0.15, 0.2) is 0 Å². The van der Waals surface area contributed by atoms with Crippen LogP contribution in [0.4, 0.5) is 13.2 Å². The van der Waals surface area contributed by atoms with Gasteiger partial charge in [0.2, 0.25) is 11.8 Å². The van der Waals surface area contributed by atoms with E-state index in [1.807, 2.05) is 40.1 Å². The van der Waals surface area contributed by atoms with Crippen LogP contribution in [0.15, 0.2) is 60.8 Å². The number of rotatable bonds is 7. The van der Waals surface area contributed by atoms with Crippen molar-refractivity contribution in [2.75, 3.05) is 32.7 Å². The number of piperazine rings is 1. The molecule has 3 heterocycles. The molecule has 43 heavy (non-hydrogen) atoms. The van der Waals surface area contributed by atoms with Crippen LogP contribution < -0.4 is 4.74 Å². The van der Waals surface area contributed by atoms with Crippen LogP contribution in [-0.2, 0) is 9.59 Å². The molecular formula is C33H39F3N4O3. The molecule has 0 N–H and O–H groups in total. The SMILES string of the molecule is CC(=O)N1CCC(CC(=O)N2CCN(C(c3ccc(OC(F)(F)F)cc3)c3ccnc4ccccc34)C[C@@H]2C(C)C)CC1. The number of fused-ring (bicyclic) bond motifs is 1. The second-order valence-corrected chi connectivity index (χ2v) is 12.0. The minimum absolute atomic E-state index is 0.0259. The van der Waals surface area contributed by atoms with Crippen molar-refractivity contribution in [3.8, 4) is 5.75 Å². The van der Waals surface area contributed by atoms with E-state index in [2.05, 4.69) is 28.5 Å². The first-order valence-corrected chi connectivity index (χ1v) is 15.0. The molecule has 2 aliphatic rings. The molecule has 0 radical (unpaired) electrons. The Morgan fingerprint density at radius 3 is 2.33 bits per heavy atom. The number of amides is 2. The van der Waals surface area contributed by atoms with Crippen molar-refractivity contribution >= 4 is 22.7 Å². The van der Waals surface area contributed by atoms with Gasteiger partial charge in [-0.15, -0.1) is 13.2 Å². The van der Waals surface area contributed by atoms with E-state index in [4.69, 9.17) is 0 Å². The minimum Gasteiger partial charge on any atom is -0.406 e. The predicted molar refractivity (Wildman–Crippen MR) is 158 cm³/mol. The standard InChI is InChI=1S/C33H39F3N4O3/c1-22(2)30-21-39(18-19-40(30)31(42)20-24-13-16-38(17-14-24)23(3)41)32(25-8-10-26(11-9-25)43-33(34,35)36)28-12-15-37-29-7-5-4-6-27(28)29/h4-12,15,22,24,30,32H,13-14,16-21H2,1-3H3/t30-,32?/m1/s1. The van der Waals surface area contributed by atoms with E-state index in [0.717, 1.165) is 34.9 Å². The Bertz CT molecular complexity index is 1420. The third-order valence-corrected chi connectivity index (χ3v) is 8.83. The molecule has 3 aromatic rings. The number of hydrogen-bond donors (Lipinski definition) is 0. The molecule has 10 heteroatoms. The van der Waals surface area contributed by atoms with E-state index >= 15 is 0 Å². The van der Waals surface area contributed by atoms with Crippen LogP contribution in [0, 0.1) is 11.8 Å². The zero-order valence-corrected chi connectivity index (χ0v) is 24.9. The quantitative estimate of drug-likeness (QED) is 0.333. The zero-order chi connectivity index (χ0) is 30.7. The number of nitrogens with zero attached hydrogens (tertiary/aromatic N) is 4. The lowest BCUT2D eigenvalue weighted by Gasteiger charge is -2.47. The van der Waals surface area contributed by atoms with Crippen LogP contribution in [0.2, 0.25) is 0 Å². The first kappa shape index (κ1) is 30.8. The lowest BCUT2D eigenvalue weighted by atomic mass is 9.89. The number of carbonyl (C=O) groups is 2. The van der Waals surface area contributed by atoms with E-state index in [9.17, 15) is 22.8 Å². The number of hydrogen-bond acceptors (Lipinski definition) is 5. The number of ether oxygens (including phenoxy) is 1. The fraction of sp³-hybridized carbons (Fsp3) is 0.485. The molecule has 5 rings (SSSR count). The summed E-state index contributed by atoms with van der Waals surface area (Å²) in [4.78, 5) is 36.1. The summed E-state index contributed by atoms with van der Waals surface area (Å²) < 4.78 is 42.7. The highest BCUT2D eigenvalue weighted by Crippen LogP contribution is 2.37. The molecule has 0 saturated carbocycles. The Labute approximate surface area is 250 Å². The number of likely N-dealkylation sites (tertiary alicyclic amines) is 1. The van der Waals surface area contributed by atoms with Crippen molar-refractivity contribution in [1.29, 1.82) is 0 Å². The van der Waals surface area contributed by atoms with Gasteiger partial charge in [0.1, 0.15) is 5.75 Å². The highest BCUT2D eigenvalue weighted by atomic mass is 19.4. The molecule has 0 aliphatic carbocycles. The van der Waals surface area contributed by atoms with Gasteiger partial charge >= 0.3 is 6.36 Å². The Morgan fingerprint density at radius 2 is 1.67 bits per heavy atom. The van der Waals surface area contributed by atoms with Crippen molar-refractivity contribution in [1.82, 2.24) is 19.7 Å². The Morgan fingerprint density at radius 1 is 0.977 bits per heavy atom. The van der Waals surface area contributed by atoms with Gasteiger partial charge < -0.3 is 14.5 Å². The number of aromatic nitrogens is 1. The molecule has 0 bridgehead atoms. The number of piperidine rings is 1. The van der Waals surface area contributed by atoms with Gasteiger partial charge in [-0.2, -0.15) is 0 Å². The van der Waals surface area contributed by atoms with Crippen molar-refractivity contribution in [3.05, 3.63) is 71.9 Å². The lowest BCUT2D eigenvalue weighted by Crippen LogP contribution is -2.58. The topological polar surface area (TPSA) is 66.0 Å². The summed E-state index contributed by atoms with van der Waals surface area (Å²) in [6, 6.07) is 15.6. The Kier molecular flexibility index (Phi) is 9.25.